The predicted molar refractivity (Wildman–Crippen MR) is 91.2 cm³/mol. The predicted octanol–water partition coefficient (Wildman–Crippen LogP) is 3.22. The number of anilines is 1. The maximum atomic E-state index is 12.1. The number of hydrogen-bond acceptors (Lipinski definition) is 3. The van der Waals surface area contributed by atoms with Gasteiger partial charge in [0.05, 0.1) is 0 Å². The number of urea groups is 1. The van der Waals surface area contributed by atoms with Crippen molar-refractivity contribution >= 4 is 23.5 Å². The summed E-state index contributed by atoms with van der Waals surface area (Å²) in [5.41, 5.74) is 1.89. The van der Waals surface area contributed by atoms with Crippen LogP contribution >= 0.6 is 11.8 Å². The zero-order valence-corrected chi connectivity index (χ0v) is 14.1. The molecule has 0 saturated carbocycles. The van der Waals surface area contributed by atoms with Crippen LogP contribution in [-0.4, -0.2) is 35.8 Å². The monoisotopic (exact) mass is 310 g/mol. The summed E-state index contributed by atoms with van der Waals surface area (Å²) < 4.78 is 0. The van der Waals surface area contributed by atoms with Gasteiger partial charge in [-0.25, -0.2) is 4.79 Å². The van der Waals surface area contributed by atoms with Crippen molar-refractivity contribution in [2.24, 2.45) is 0 Å². The summed E-state index contributed by atoms with van der Waals surface area (Å²) in [6.07, 6.45) is 2.55. The number of aliphatic hydroxyl groups excluding tert-OH is 1. The Hall–Kier alpha value is -1.20. The van der Waals surface area contributed by atoms with Crippen LogP contribution in [0, 0.1) is 0 Å². The van der Waals surface area contributed by atoms with E-state index in [9.17, 15) is 4.79 Å². The number of carbonyl (C=O) groups is 1. The number of aliphatic hydroxyl groups is 1. The topological polar surface area (TPSA) is 61.4 Å². The van der Waals surface area contributed by atoms with Crippen LogP contribution < -0.4 is 10.6 Å². The van der Waals surface area contributed by atoms with Crippen LogP contribution in [0.1, 0.15) is 32.8 Å². The largest absolute Gasteiger partial charge is 0.396 e. The Balaban J connectivity index is 2.75. The lowest BCUT2D eigenvalue weighted by atomic mass is 9.86. The second-order valence-corrected chi connectivity index (χ2v) is 6.97. The van der Waals surface area contributed by atoms with Crippen molar-refractivity contribution in [1.29, 1.82) is 0 Å². The van der Waals surface area contributed by atoms with Crippen molar-refractivity contribution in [3.8, 4) is 0 Å². The first-order valence-corrected chi connectivity index (χ1v) is 8.54. The van der Waals surface area contributed by atoms with Gasteiger partial charge in [0, 0.05) is 24.1 Å². The van der Waals surface area contributed by atoms with E-state index in [-0.39, 0.29) is 24.1 Å². The molecule has 0 aliphatic rings. The molecule has 118 valence electrons. The third-order valence-corrected chi connectivity index (χ3v) is 3.90. The standard InChI is InChI=1S/C16H26N2O2S/c1-16(2,3)13-7-5-6-8-14(13)18-15(20)17-12(9-10-19)11-21-4/h5-8,12,19H,9-11H2,1-4H3,(H2,17,18,20)/t12-/m1/s1. The maximum Gasteiger partial charge on any atom is 0.319 e. The molecule has 1 aromatic rings. The summed E-state index contributed by atoms with van der Waals surface area (Å²) in [4.78, 5) is 12.1. The van der Waals surface area contributed by atoms with E-state index in [0.29, 0.717) is 6.42 Å². The lowest BCUT2D eigenvalue weighted by Gasteiger charge is -2.24. The molecule has 0 fully saturated rings. The molecule has 0 saturated heterocycles. The average molecular weight is 310 g/mol. The fraction of sp³-hybridized carbons (Fsp3) is 0.562. The Bertz CT molecular complexity index is 452. The smallest absolute Gasteiger partial charge is 0.319 e. The highest BCUT2D eigenvalue weighted by Gasteiger charge is 2.19. The molecule has 0 radical (unpaired) electrons. The number of thioether (sulfide) groups is 1. The van der Waals surface area contributed by atoms with Gasteiger partial charge < -0.3 is 15.7 Å². The van der Waals surface area contributed by atoms with Crippen molar-refractivity contribution < 1.29 is 9.90 Å². The van der Waals surface area contributed by atoms with E-state index < -0.39 is 0 Å². The minimum absolute atomic E-state index is 0.0215. The molecule has 0 spiro atoms. The van der Waals surface area contributed by atoms with Gasteiger partial charge in [-0.3, -0.25) is 0 Å². The minimum Gasteiger partial charge on any atom is -0.396 e. The van der Waals surface area contributed by atoms with E-state index in [1.165, 1.54) is 0 Å². The fourth-order valence-electron chi connectivity index (χ4n) is 2.14. The second-order valence-electron chi connectivity index (χ2n) is 6.06. The highest BCUT2D eigenvalue weighted by molar-refractivity contribution is 7.98. The normalized spacial score (nSPS) is 12.8. The third-order valence-electron chi connectivity index (χ3n) is 3.16. The zero-order chi connectivity index (χ0) is 15.9. The van der Waals surface area contributed by atoms with Crippen molar-refractivity contribution in [3.05, 3.63) is 29.8 Å². The lowest BCUT2D eigenvalue weighted by molar-refractivity contribution is 0.241. The van der Waals surface area contributed by atoms with E-state index in [1.54, 1.807) is 11.8 Å². The number of rotatable bonds is 6. The third kappa shape index (κ3) is 5.98. The van der Waals surface area contributed by atoms with Crippen molar-refractivity contribution in [1.82, 2.24) is 5.32 Å². The van der Waals surface area contributed by atoms with Gasteiger partial charge in [0.15, 0.2) is 0 Å². The molecule has 0 bridgehead atoms. The number of nitrogens with one attached hydrogen (secondary N) is 2. The highest BCUT2D eigenvalue weighted by Crippen LogP contribution is 2.29. The molecule has 4 nitrogen and oxygen atoms in total. The summed E-state index contributed by atoms with van der Waals surface area (Å²) in [5.74, 6) is 0.787. The number of carbonyl (C=O) groups excluding carboxylic acids is 1. The van der Waals surface area contributed by atoms with Crippen LogP contribution in [0.15, 0.2) is 24.3 Å². The molecule has 1 atom stereocenters. The maximum absolute atomic E-state index is 12.1. The van der Waals surface area contributed by atoms with Crippen LogP contribution in [0.4, 0.5) is 10.5 Å². The van der Waals surface area contributed by atoms with E-state index >= 15 is 0 Å². The molecule has 0 unspecified atom stereocenters. The Kier molecular flexibility index (Phi) is 7.05. The quantitative estimate of drug-likeness (QED) is 0.756. The SMILES string of the molecule is CSC[C@@H](CCO)NC(=O)Nc1ccccc1C(C)(C)C. The van der Waals surface area contributed by atoms with Crippen LogP contribution in [0.25, 0.3) is 0 Å². The van der Waals surface area contributed by atoms with Gasteiger partial charge in [0.2, 0.25) is 0 Å². The molecule has 1 rings (SSSR count). The Morgan fingerprint density at radius 2 is 2.00 bits per heavy atom. The van der Waals surface area contributed by atoms with Gasteiger partial charge in [-0.2, -0.15) is 11.8 Å². The molecule has 5 heteroatoms. The Labute approximate surface area is 131 Å². The summed E-state index contributed by atoms with van der Waals surface area (Å²) in [7, 11) is 0. The summed E-state index contributed by atoms with van der Waals surface area (Å²) in [5, 5.41) is 14.9. The molecule has 0 aliphatic carbocycles. The summed E-state index contributed by atoms with van der Waals surface area (Å²) >= 11 is 1.65. The molecule has 21 heavy (non-hydrogen) atoms. The first kappa shape index (κ1) is 17.9. The molecule has 0 aliphatic heterocycles. The molecule has 2 amide bonds. The van der Waals surface area contributed by atoms with Crippen molar-refractivity contribution in [2.45, 2.75) is 38.6 Å². The van der Waals surface area contributed by atoms with E-state index in [2.05, 4.69) is 31.4 Å². The van der Waals surface area contributed by atoms with Crippen molar-refractivity contribution in [2.75, 3.05) is 23.9 Å². The van der Waals surface area contributed by atoms with Gasteiger partial charge in [0.25, 0.3) is 0 Å². The molecule has 0 heterocycles. The number of hydrogen-bond donors (Lipinski definition) is 3. The molecular weight excluding hydrogens is 284 g/mol. The van der Waals surface area contributed by atoms with Crippen LogP contribution in [-0.2, 0) is 5.41 Å². The fourth-order valence-corrected chi connectivity index (χ4v) is 2.80. The lowest BCUT2D eigenvalue weighted by Crippen LogP contribution is -2.40. The highest BCUT2D eigenvalue weighted by atomic mass is 32.2. The molecule has 3 N–H and O–H groups in total. The Morgan fingerprint density at radius 3 is 2.57 bits per heavy atom. The van der Waals surface area contributed by atoms with E-state index in [4.69, 9.17) is 5.11 Å². The zero-order valence-electron chi connectivity index (χ0n) is 13.3. The van der Waals surface area contributed by atoms with Gasteiger partial charge in [-0.1, -0.05) is 39.0 Å². The molecule has 1 aromatic carbocycles. The van der Waals surface area contributed by atoms with Gasteiger partial charge >= 0.3 is 6.03 Å². The van der Waals surface area contributed by atoms with Crippen LogP contribution in [0.3, 0.4) is 0 Å². The summed E-state index contributed by atoms with van der Waals surface area (Å²) in [6.45, 7) is 6.43. The molecule has 0 aromatic heterocycles. The minimum atomic E-state index is -0.223. The number of benzene rings is 1. The van der Waals surface area contributed by atoms with Gasteiger partial charge in [-0.15, -0.1) is 0 Å². The van der Waals surface area contributed by atoms with Crippen LogP contribution in [0.2, 0.25) is 0 Å². The first-order valence-electron chi connectivity index (χ1n) is 7.15. The van der Waals surface area contributed by atoms with E-state index in [0.717, 1.165) is 17.0 Å². The number of para-hydroxylation sites is 1. The number of amides is 2. The van der Waals surface area contributed by atoms with Gasteiger partial charge in [-0.05, 0) is 29.7 Å². The van der Waals surface area contributed by atoms with Crippen molar-refractivity contribution in [3.63, 3.8) is 0 Å². The first-order chi connectivity index (χ1) is 9.88. The van der Waals surface area contributed by atoms with Gasteiger partial charge in [0.1, 0.15) is 0 Å². The van der Waals surface area contributed by atoms with E-state index in [1.807, 2.05) is 30.5 Å². The van der Waals surface area contributed by atoms with Crippen LogP contribution in [0.5, 0.6) is 0 Å². The average Bonchev–Trinajstić information content (AvgIpc) is 2.38. The summed E-state index contributed by atoms with van der Waals surface area (Å²) in [6, 6.07) is 7.59. The Morgan fingerprint density at radius 1 is 1.33 bits per heavy atom. The second kappa shape index (κ2) is 8.29. The molecular formula is C16H26N2O2S.